The molecule has 0 bridgehead atoms. The fourth-order valence-corrected chi connectivity index (χ4v) is 6.16. The molecule has 5 rings (SSSR count). The third kappa shape index (κ3) is 8.18. The predicted octanol–water partition coefficient (Wildman–Crippen LogP) is 8.30. The molecule has 43 heavy (non-hydrogen) atoms. The number of unbranched alkanes of at least 4 members (excludes halogenated alkanes) is 4. The Bertz CT molecular complexity index is 1210. The smallest absolute Gasteiger partial charge is 0.271 e. The Morgan fingerprint density at radius 1 is 1.00 bits per heavy atom. The SMILES string of the molecule is CC.CC.CCCCCCC.CCN1CC2CCc3c(C(=O)NCC4=CCCC(O)=C4F)c(=O)c(C4CCC4)c(n32)C1=O. The van der Waals surface area contributed by atoms with Gasteiger partial charge in [0, 0.05) is 42.9 Å². The number of amides is 2. The summed E-state index contributed by atoms with van der Waals surface area (Å²) in [5.74, 6) is -1.66. The number of nitrogens with one attached hydrogen (secondary N) is 1. The van der Waals surface area contributed by atoms with E-state index in [0.29, 0.717) is 42.9 Å². The summed E-state index contributed by atoms with van der Waals surface area (Å²) >= 11 is 0. The van der Waals surface area contributed by atoms with Crippen molar-refractivity contribution in [2.24, 2.45) is 0 Å². The van der Waals surface area contributed by atoms with Crippen LogP contribution in [-0.4, -0.2) is 46.0 Å². The molecule has 2 aliphatic carbocycles. The van der Waals surface area contributed by atoms with E-state index in [2.05, 4.69) is 19.2 Å². The molecule has 242 valence electrons. The van der Waals surface area contributed by atoms with Crippen LogP contribution in [0.1, 0.15) is 163 Å². The molecule has 1 saturated carbocycles. The van der Waals surface area contributed by atoms with Gasteiger partial charge in [-0.1, -0.05) is 86.1 Å². The van der Waals surface area contributed by atoms with Gasteiger partial charge in [-0.15, -0.1) is 0 Å². The topological polar surface area (TPSA) is 91.6 Å². The van der Waals surface area contributed by atoms with E-state index in [1.54, 1.807) is 11.0 Å². The van der Waals surface area contributed by atoms with E-state index >= 15 is 0 Å². The highest BCUT2D eigenvalue weighted by molar-refractivity contribution is 6.00. The Morgan fingerprint density at radius 3 is 2.21 bits per heavy atom. The molecule has 0 radical (unpaired) electrons. The van der Waals surface area contributed by atoms with Crippen LogP contribution in [0.15, 0.2) is 28.0 Å². The monoisotopic (exact) mass is 601 g/mol. The molecule has 4 aliphatic rings. The predicted molar refractivity (Wildman–Crippen MR) is 174 cm³/mol. The highest BCUT2D eigenvalue weighted by atomic mass is 19.1. The zero-order chi connectivity index (χ0) is 32.1. The summed E-state index contributed by atoms with van der Waals surface area (Å²) in [5, 5.41) is 12.3. The minimum Gasteiger partial charge on any atom is -0.509 e. The van der Waals surface area contributed by atoms with E-state index in [9.17, 15) is 23.9 Å². The lowest BCUT2D eigenvalue weighted by molar-refractivity contribution is 0.0677. The third-order valence-electron chi connectivity index (χ3n) is 8.62. The lowest BCUT2D eigenvalue weighted by atomic mass is 9.78. The Kier molecular flexibility index (Phi) is 15.2. The minimum atomic E-state index is -0.705. The van der Waals surface area contributed by atoms with Gasteiger partial charge in [-0.3, -0.25) is 14.4 Å². The van der Waals surface area contributed by atoms with Gasteiger partial charge in [0.2, 0.25) is 0 Å². The van der Waals surface area contributed by atoms with Crippen molar-refractivity contribution in [1.29, 1.82) is 0 Å². The molecule has 1 fully saturated rings. The van der Waals surface area contributed by atoms with E-state index in [-0.39, 0.29) is 53.2 Å². The maximum Gasteiger partial charge on any atom is 0.271 e. The highest BCUT2D eigenvalue weighted by Crippen LogP contribution is 2.42. The summed E-state index contributed by atoms with van der Waals surface area (Å²) in [4.78, 5) is 41.9. The molecular weight excluding hydrogens is 545 g/mol. The van der Waals surface area contributed by atoms with Gasteiger partial charge in [-0.05, 0) is 44.9 Å². The van der Waals surface area contributed by atoms with Crippen LogP contribution in [0.4, 0.5) is 4.39 Å². The highest BCUT2D eigenvalue weighted by Gasteiger charge is 2.42. The van der Waals surface area contributed by atoms with Crippen LogP contribution in [0.2, 0.25) is 0 Å². The van der Waals surface area contributed by atoms with E-state index < -0.39 is 11.7 Å². The number of nitrogens with zero attached hydrogens (tertiary/aromatic N) is 2. The van der Waals surface area contributed by atoms with Crippen LogP contribution < -0.4 is 10.7 Å². The Hall–Kier alpha value is -2.90. The van der Waals surface area contributed by atoms with Crippen molar-refractivity contribution in [3.8, 4) is 0 Å². The van der Waals surface area contributed by atoms with Crippen molar-refractivity contribution in [2.45, 2.75) is 137 Å². The van der Waals surface area contributed by atoms with Crippen molar-refractivity contribution < 1.29 is 19.1 Å². The first kappa shape index (κ1) is 36.3. The van der Waals surface area contributed by atoms with Gasteiger partial charge in [-0.25, -0.2) is 4.39 Å². The molecule has 3 heterocycles. The molecule has 1 aromatic heterocycles. The molecule has 1 aromatic rings. The summed E-state index contributed by atoms with van der Waals surface area (Å²) in [6.07, 6.45) is 13.4. The van der Waals surface area contributed by atoms with Crippen LogP contribution in [0.5, 0.6) is 0 Å². The van der Waals surface area contributed by atoms with E-state index in [1.807, 2.05) is 39.2 Å². The van der Waals surface area contributed by atoms with E-state index in [1.165, 1.54) is 32.1 Å². The van der Waals surface area contributed by atoms with Crippen molar-refractivity contribution in [3.63, 3.8) is 0 Å². The molecule has 0 spiro atoms. The van der Waals surface area contributed by atoms with E-state index in [4.69, 9.17) is 0 Å². The second kappa shape index (κ2) is 18.0. The normalized spacial score (nSPS) is 18.6. The second-order valence-electron chi connectivity index (χ2n) is 11.2. The van der Waals surface area contributed by atoms with Gasteiger partial charge in [0.05, 0.1) is 6.04 Å². The van der Waals surface area contributed by atoms with E-state index in [0.717, 1.165) is 25.7 Å². The van der Waals surface area contributed by atoms with Crippen LogP contribution >= 0.6 is 0 Å². The van der Waals surface area contributed by atoms with Crippen molar-refractivity contribution in [3.05, 3.63) is 56.0 Å². The van der Waals surface area contributed by atoms with Gasteiger partial charge in [0.15, 0.2) is 11.3 Å². The number of aromatic nitrogens is 1. The largest absolute Gasteiger partial charge is 0.509 e. The second-order valence-corrected chi connectivity index (χ2v) is 11.2. The van der Waals surface area contributed by atoms with Gasteiger partial charge < -0.3 is 19.9 Å². The maximum absolute atomic E-state index is 14.2. The number of pyridine rings is 1. The Balaban J connectivity index is 0.000000512. The molecule has 8 heteroatoms. The zero-order valence-corrected chi connectivity index (χ0v) is 27.8. The first-order valence-electron chi connectivity index (χ1n) is 17.0. The minimum absolute atomic E-state index is 0.00207. The Morgan fingerprint density at radius 2 is 1.65 bits per heavy atom. The number of carbonyl (C=O) groups excluding carboxylic acids is 2. The summed E-state index contributed by atoms with van der Waals surface area (Å²) < 4.78 is 16.2. The lowest BCUT2D eigenvalue weighted by Crippen LogP contribution is -2.46. The molecule has 1 atom stereocenters. The number of carbonyl (C=O) groups is 2. The first-order chi connectivity index (χ1) is 20.8. The molecular formula is C35H56FN3O4. The summed E-state index contributed by atoms with van der Waals surface area (Å²) in [6.45, 7) is 15.5. The first-order valence-corrected chi connectivity index (χ1v) is 17.0. The van der Waals surface area contributed by atoms with Gasteiger partial charge in [0.25, 0.3) is 11.8 Å². The quantitative estimate of drug-likeness (QED) is 0.279. The summed E-state index contributed by atoms with van der Waals surface area (Å²) in [5.41, 5.74) is 1.56. The number of hydrogen-bond donors (Lipinski definition) is 2. The number of halogens is 1. The van der Waals surface area contributed by atoms with Crippen molar-refractivity contribution >= 4 is 11.8 Å². The molecule has 2 aliphatic heterocycles. The molecule has 2 N–H and O–H groups in total. The zero-order valence-electron chi connectivity index (χ0n) is 27.8. The number of likely N-dealkylation sites (N-methyl/N-ethyl adjacent to an activating group) is 1. The third-order valence-corrected chi connectivity index (χ3v) is 8.62. The van der Waals surface area contributed by atoms with Crippen LogP contribution in [0.25, 0.3) is 0 Å². The lowest BCUT2D eigenvalue weighted by Gasteiger charge is -2.37. The standard InChI is InChI=1S/C24H28FN3O4.C7H16.2C2H6/c1-2-27-12-15-9-10-16-19(23(31)26-11-14-7-4-8-17(29)20(14)25)22(30)18(13-5-3-6-13)21(24(27)32)28(15)16;1-3-5-7-6-4-2;2*1-2/h7,13,15,29H,2-6,8-12H2,1H3,(H,26,31);3-7H2,1-2H3;2*1-2H3. The number of rotatable bonds is 9. The average molecular weight is 602 g/mol. The van der Waals surface area contributed by atoms with Crippen LogP contribution in [0, 0.1) is 0 Å². The average Bonchev–Trinajstić information content (AvgIpc) is 3.41. The number of aliphatic hydroxyl groups excluding tert-OH is 1. The van der Waals surface area contributed by atoms with Crippen molar-refractivity contribution in [1.82, 2.24) is 14.8 Å². The number of allylic oxidation sites excluding steroid dienone is 2. The fourth-order valence-electron chi connectivity index (χ4n) is 6.16. The number of aliphatic hydroxyl groups is 1. The molecule has 2 amide bonds. The molecule has 7 nitrogen and oxygen atoms in total. The number of hydrogen-bond acceptors (Lipinski definition) is 4. The van der Waals surface area contributed by atoms with Crippen molar-refractivity contribution in [2.75, 3.05) is 19.6 Å². The van der Waals surface area contributed by atoms with Crippen LogP contribution in [0.3, 0.4) is 0 Å². The molecule has 1 unspecified atom stereocenters. The van der Waals surface area contributed by atoms with Gasteiger partial charge >= 0.3 is 0 Å². The maximum atomic E-state index is 14.2. The fraction of sp³-hybridized carbons (Fsp3) is 0.686. The summed E-state index contributed by atoms with van der Waals surface area (Å²) in [7, 11) is 0. The van der Waals surface area contributed by atoms with Gasteiger partial charge in [0.1, 0.15) is 17.0 Å². The molecule has 0 aromatic carbocycles. The Labute approximate surface area is 258 Å². The molecule has 0 saturated heterocycles. The van der Waals surface area contributed by atoms with Gasteiger partial charge in [-0.2, -0.15) is 0 Å². The van der Waals surface area contributed by atoms with Crippen LogP contribution in [-0.2, 0) is 6.42 Å². The summed E-state index contributed by atoms with van der Waals surface area (Å²) in [6, 6.07) is 0.0713.